The lowest BCUT2D eigenvalue weighted by Crippen LogP contribution is -1.95. The number of rotatable bonds is 2. The van der Waals surface area contributed by atoms with Gasteiger partial charge in [-0.3, -0.25) is 0 Å². The van der Waals surface area contributed by atoms with Crippen LogP contribution in [-0.4, -0.2) is 9.97 Å². The van der Waals surface area contributed by atoms with Crippen LogP contribution in [0.4, 0.5) is 5.69 Å². The molecule has 0 amide bonds. The van der Waals surface area contributed by atoms with Crippen LogP contribution in [0.25, 0.3) is 0 Å². The third-order valence-corrected chi connectivity index (χ3v) is 2.20. The molecular formula is C12H10N4O. The molecule has 84 valence electrons. The Morgan fingerprint density at radius 2 is 2.18 bits per heavy atom. The van der Waals surface area contributed by atoms with Crippen molar-refractivity contribution in [3.05, 3.63) is 41.7 Å². The summed E-state index contributed by atoms with van der Waals surface area (Å²) in [7, 11) is 0. The zero-order valence-corrected chi connectivity index (χ0v) is 9.21. The van der Waals surface area contributed by atoms with Gasteiger partial charge in [-0.1, -0.05) is 0 Å². The van der Waals surface area contributed by atoms with E-state index in [-0.39, 0.29) is 11.7 Å². The van der Waals surface area contributed by atoms with Gasteiger partial charge in [0.05, 0.1) is 0 Å². The average molecular weight is 226 g/mol. The van der Waals surface area contributed by atoms with Gasteiger partial charge in [0.1, 0.15) is 17.5 Å². The molecule has 0 radical (unpaired) electrons. The molecule has 5 nitrogen and oxygen atoms in total. The molecule has 0 bridgehead atoms. The molecule has 0 saturated carbocycles. The van der Waals surface area contributed by atoms with Gasteiger partial charge in [-0.2, -0.15) is 10.2 Å². The van der Waals surface area contributed by atoms with E-state index in [9.17, 15) is 0 Å². The van der Waals surface area contributed by atoms with Crippen molar-refractivity contribution in [1.82, 2.24) is 9.97 Å². The van der Waals surface area contributed by atoms with Crippen LogP contribution < -0.4 is 10.5 Å². The Labute approximate surface area is 98.5 Å². The van der Waals surface area contributed by atoms with Gasteiger partial charge in [0.15, 0.2) is 0 Å². The van der Waals surface area contributed by atoms with E-state index in [1.165, 1.54) is 12.3 Å². The molecule has 1 heterocycles. The minimum Gasteiger partial charge on any atom is -0.424 e. The summed E-state index contributed by atoms with van der Waals surface area (Å²) in [5.41, 5.74) is 7.58. The number of aromatic nitrogens is 2. The SMILES string of the molecule is Cc1cc(Oc2nccc(C#N)n2)ccc1N. The highest BCUT2D eigenvalue weighted by atomic mass is 16.5. The summed E-state index contributed by atoms with van der Waals surface area (Å²) in [4.78, 5) is 7.83. The lowest BCUT2D eigenvalue weighted by Gasteiger charge is -2.05. The van der Waals surface area contributed by atoms with Crippen LogP contribution in [0.2, 0.25) is 0 Å². The van der Waals surface area contributed by atoms with Gasteiger partial charge >= 0.3 is 6.01 Å². The van der Waals surface area contributed by atoms with Crippen molar-refractivity contribution < 1.29 is 4.74 Å². The van der Waals surface area contributed by atoms with Gasteiger partial charge in [-0.25, -0.2) is 4.98 Å². The standard InChI is InChI=1S/C12H10N4O/c1-8-6-10(2-3-11(8)14)17-12-15-5-4-9(7-13)16-12/h2-6H,14H2,1H3. The first-order valence-electron chi connectivity index (χ1n) is 4.96. The molecule has 0 unspecified atom stereocenters. The number of benzene rings is 1. The fourth-order valence-corrected chi connectivity index (χ4v) is 1.27. The van der Waals surface area contributed by atoms with E-state index >= 15 is 0 Å². The predicted octanol–water partition coefficient (Wildman–Crippen LogP) is 2.03. The summed E-state index contributed by atoms with van der Waals surface area (Å²) < 4.78 is 5.43. The number of hydrogen-bond acceptors (Lipinski definition) is 5. The number of anilines is 1. The van der Waals surface area contributed by atoms with E-state index in [0.29, 0.717) is 11.4 Å². The molecule has 0 spiro atoms. The predicted molar refractivity (Wildman–Crippen MR) is 62.4 cm³/mol. The van der Waals surface area contributed by atoms with E-state index in [0.717, 1.165) is 5.56 Å². The van der Waals surface area contributed by atoms with Gasteiger partial charge < -0.3 is 10.5 Å². The van der Waals surface area contributed by atoms with E-state index in [1.54, 1.807) is 18.2 Å². The first-order chi connectivity index (χ1) is 8.19. The van der Waals surface area contributed by atoms with Gasteiger partial charge in [0.25, 0.3) is 0 Å². The third-order valence-electron chi connectivity index (χ3n) is 2.20. The van der Waals surface area contributed by atoms with Crippen molar-refractivity contribution in [2.75, 3.05) is 5.73 Å². The maximum absolute atomic E-state index is 8.70. The molecule has 2 N–H and O–H groups in total. The van der Waals surface area contributed by atoms with Crippen molar-refractivity contribution >= 4 is 5.69 Å². The number of ether oxygens (including phenoxy) is 1. The second-order valence-electron chi connectivity index (χ2n) is 3.46. The van der Waals surface area contributed by atoms with E-state index in [2.05, 4.69) is 9.97 Å². The fraction of sp³-hybridized carbons (Fsp3) is 0.0833. The molecule has 17 heavy (non-hydrogen) atoms. The number of nitriles is 1. The van der Waals surface area contributed by atoms with Crippen LogP contribution in [0.15, 0.2) is 30.5 Å². The quantitative estimate of drug-likeness (QED) is 0.792. The lowest BCUT2D eigenvalue weighted by molar-refractivity contribution is 0.441. The molecular weight excluding hydrogens is 216 g/mol. The van der Waals surface area contributed by atoms with Crippen LogP contribution in [0.3, 0.4) is 0 Å². The summed E-state index contributed by atoms with van der Waals surface area (Å²) >= 11 is 0. The summed E-state index contributed by atoms with van der Waals surface area (Å²) in [5.74, 6) is 0.590. The molecule has 5 heteroatoms. The number of aryl methyl sites for hydroxylation is 1. The van der Waals surface area contributed by atoms with Crippen molar-refractivity contribution in [2.24, 2.45) is 0 Å². The van der Waals surface area contributed by atoms with Crippen molar-refractivity contribution in [3.8, 4) is 17.8 Å². The Kier molecular flexibility index (Phi) is 2.88. The average Bonchev–Trinajstić information content (AvgIpc) is 2.34. The normalized spacial score (nSPS) is 9.65. The van der Waals surface area contributed by atoms with Crippen LogP contribution in [0, 0.1) is 18.3 Å². The smallest absolute Gasteiger partial charge is 0.323 e. The Bertz CT molecular complexity index is 589. The van der Waals surface area contributed by atoms with E-state index < -0.39 is 0 Å². The molecule has 1 aromatic carbocycles. The second kappa shape index (κ2) is 4.49. The Morgan fingerprint density at radius 3 is 2.88 bits per heavy atom. The lowest BCUT2D eigenvalue weighted by atomic mass is 10.2. The molecule has 0 atom stereocenters. The van der Waals surface area contributed by atoms with Crippen LogP contribution >= 0.6 is 0 Å². The summed E-state index contributed by atoms with van der Waals surface area (Å²) in [6.07, 6.45) is 1.48. The Morgan fingerprint density at radius 1 is 1.35 bits per heavy atom. The van der Waals surface area contributed by atoms with Crippen molar-refractivity contribution in [1.29, 1.82) is 5.26 Å². The maximum atomic E-state index is 8.70. The van der Waals surface area contributed by atoms with E-state index in [4.69, 9.17) is 15.7 Å². The monoisotopic (exact) mass is 226 g/mol. The van der Waals surface area contributed by atoms with Gasteiger partial charge in [0.2, 0.25) is 0 Å². The largest absolute Gasteiger partial charge is 0.424 e. The molecule has 0 aliphatic heterocycles. The maximum Gasteiger partial charge on any atom is 0.323 e. The second-order valence-corrected chi connectivity index (χ2v) is 3.46. The van der Waals surface area contributed by atoms with Crippen LogP contribution in [0.5, 0.6) is 11.8 Å². The first-order valence-corrected chi connectivity index (χ1v) is 4.96. The molecule has 0 fully saturated rings. The zero-order chi connectivity index (χ0) is 12.3. The number of hydrogen-bond donors (Lipinski definition) is 1. The molecule has 2 aromatic rings. The highest BCUT2D eigenvalue weighted by molar-refractivity contribution is 5.49. The molecule has 1 aromatic heterocycles. The molecule has 0 aliphatic rings. The minimum absolute atomic E-state index is 0.147. The summed E-state index contributed by atoms with van der Waals surface area (Å²) in [5, 5.41) is 8.70. The van der Waals surface area contributed by atoms with Crippen LogP contribution in [0.1, 0.15) is 11.3 Å². The van der Waals surface area contributed by atoms with E-state index in [1.807, 2.05) is 13.0 Å². The minimum atomic E-state index is 0.147. The summed E-state index contributed by atoms with van der Waals surface area (Å²) in [6, 6.07) is 8.85. The molecule has 0 aliphatic carbocycles. The first kappa shape index (κ1) is 10.9. The molecule has 2 rings (SSSR count). The number of nitrogens with zero attached hydrogens (tertiary/aromatic N) is 3. The highest BCUT2D eigenvalue weighted by Gasteiger charge is 2.03. The highest BCUT2D eigenvalue weighted by Crippen LogP contribution is 2.22. The topological polar surface area (TPSA) is 84.8 Å². The number of nitrogen functional groups attached to an aromatic ring is 1. The van der Waals surface area contributed by atoms with Crippen LogP contribution in [-0.2, 0) is 0 Å². The van der Waals surface area contributed by atoms with Crippen molar-refractivity contribution in [2.45, 2.75) is 6.92 Å². The third kappa shape index (κ3) is 2.49. The molecule has 0 saturated heterocycles. The zero-order valence-electron chi connectivity index (χ0n) is 9.21. The fourth-order valence-electron chi connectivity index (χ4n) is 1.27. The van der Waals surface area contributed by atoms with Gasteiger partial charge in [-0.15, -0.1) is 0 Å². The number of nitrogens with two attached hydrogens (primary N) is 1. The Hall–Kier alpha value is -2.61. The van der Waals surface area contributed by atoms with Gasteiger partial charge in [0, 0.05) is 11.9 Å². The Balaban J connectivity index is 2.25. The summed E-state index contributed by atoms with van der Waals surface area (Å²) in [6.45, 7) is 1.88. The van der Waals surface area contributed by atoms with Gasteiger partial charge in [-0.05, 0) is 36.8 Å². The van der Waals surface area contributed by atoms with Crippen molar-refractivity contribution in [3.63, 3.8) is 0 Å².